The van der Waals surface area contributed by atoms with Crippen LogP contribution in [0.3, 0.4) is 0 Å². The van der Waals surface area contributed by atoms with E-state index < -0.39 is 0 Å². The van der Waals surface area contributed by atoms with E-state index in [0.717, 1.165) is 24.5 Å². The van der Waals surface area contributed by atoms with Crippen molar-refractivity contribution < 1.29 is 4.79 Å². The Kier molecular flexibility index (Phi) is 7.55. The van der Waals surface area contributed by atoms with Crippen LogP contribution in [0.5, 0.6) is 0 Å². The lowest BCUT2D eigenvalue weighted by molar-refractivity contribution is -0.135. The Morgan fingerprint density at radius 2 is 2.05 bits per heavy atom. The highest BCUT2D eigenvalue weighted by atomic mass is 35.5. The molecule has 0 aromatic carbocycles. The van der Waals surface area contributed by atoms with Gasteiger partial charge in [0.15, 0.2) is 0 Å². The Bertz CT molecular complexity index is 450. The van der Waals surface area contributed by atoms with Crippen LogP contribution in [0.4, 0.5) is 0 Å². The van der Waals surface area contributed by atoms with Crippen LogP contribution in [-0.2, 0) is 11.3 Å². The van der Waals surface area contributed by atoms with Crippen LogP contribution in [0.25, 0.3) is 0 Å². The minimum atomic E-state index is 0. The molecule has 1 N–H and O–H groups in total. The van der Waals surface area contributed by atoms with Crippen molar-refractivity contribution in [1.82, 2.24) is 20.0 Å². The first kappa shape index (κ1) is 19.2. The lowest BCUT2D eigenvalue weighted by Gasteiger charge is -2.38. The molecule has 0 aliphatic carbocycles. The van der Waals surface area contributed by atoms with Crippen LogP contribution in [-0.4, -0.2) is 45.8 Å². The van der Waals surface area contributed by atoms with Crippen LogP contribution in [0, 0.1) is 13.8 Å². The Morgan fingerprint density at radius 1 is 1.40 bits per heavy atom. The molecule has 1 fully saturated rings. The summed E-state index contributed by atoms with van der Waals surface area (Å²) in [7, 11) is 0. The van der Waals surface area contributed by atoms with Gasteiger partial charge in [-0.15, -0.1) is 24.8 Å². The molecular formula is C13H24Cl2N4O. The van der Waals surface area contributed by atoms with Crippen LogP contribution >= 0.6 is 24.8 Å². The highest BCUT2D eigenvalue weighted by Crippen LogP contribution is 2.10. The van der Waals surface area contributed by atoms with Gasteiger partial charge >= 0.3 is 0 Å². The Balaban J connectivity index is 0.00000180. The molecular weight excluding hydrogens is 299 g/mol. The average Bonchev–Trinajstić information content (AvgIpc) is 2.61. The second-order valence-electron chi connectivity index (χ2n) is 5.16. The largest absolute Gasteiger partial charge is 0.336 e. The summed E-state index contributed by atoms with van der Waals surface area (Å²) in [4.78, 5) is 14.3. The molecule has 1 aliphatic heterocycles. The number of halogens is 2. The Morgan fingerprint density at radius 3 is 2.60 bits per heavy atom. The second kappa shape index (κ2) is 7.86. The highest BCUT2D eigenvalue weighted by molar-refractivity contribution is 5.85. The summed E-state index contributed by atoms with van der Waals surface area (Å²) in [6.07, 6.45) is 0. The molecule has 0 radical (unpaired) electrons. The first-order chi connectivity index (χ1) is 8.49. The SMILES string of the molecule is Cc1cc(C)n(CC(=O)N2CCNC(C)C2C)n1.Cl.Cl. The number of aryl methyl sites for hydroxylation is 2. The van der Waals surface area contributed by atoms with Gasteiger partial charge in [0.05, 0.1) is 5.69 Å². The van der Waals surface area contributed by atoms with Crippen molar-refractivity contribution in [1.29, 1.82) is 0 Å². The summed E-state index contributed by atoms with van der Waals surface area (Å²) in [6.45, 7) is 10.1. The number of nitrogens with zero attached hydrogens (tertiary/aromatic N) is 3. The molecule has 5 nitrogen and oxygen atoms in total. The van der Waals surface area contributed by atoms with Gasteiger partial charge in [-0.25, -0.2) is 0 Å². The van der Waals surface area contributed by atoms with Crippen molar-refractivity contribution in [3.05, 3.63) is 17.5 Å². The standard InChI is InChI=1S/C13H22N4O.2ClH/c1-9-7-10(2)17(15-9)8-13(18)16-6-5-14-11(3)12(16)4;;/h7,11-12,14H,5-6,8H2,1-4H3;2*1H. The summed E-state index contributed by atoms with van der Waals surface area (Å²) in [5.41, 5.74) is 2.00. The maximum atomic E-state index is 12.3. The molecule has 0 saturated carbocycles. The summed E-state index contributed by atoms with van der Waals surface area (Å²) in [6, 6.07) is 2.59. The zero-order valence-corrected chi connectivity index (χ0v) is 14.1. The van der Waals surface area contributed by atoms with Crippen molar-refractivity contribution in [2.24, 2.45) is 0 Å². The minimum absolute atomic E-state index is 0. The Labute approximate surface area is 132 Å². The van der Waals surface area contributed by atoms with Gasteiger partial charge < -0.3 is 10.2 Å². The quantitative estimate of drug-likeness (QED) is 0.898. The average molecular weight is 323 g/mol. The van der Waals surface area contributed by atoms with Crippen molar-refractivity contribution in [3.63, 3.8) is 0 Å². The van der Waals surface area contributed by atoms with Crippen LogP contribution in [0.15, 0.2) is 6.07 Å². The first-order valence-electron chi connectivity index (χ1n) is 6.53. The number of carbonyl (C=O) groups is 1. The van der Waals surface area contributed by atoms with Gasteiger partial charge in [0.2, 0.25) is 5.91 Å². The van der Waals surface area contributed by atoms with Gasteiger partial charge in [-0.05, 0) is 33.8 Å². The van der Waals surface area contributed by atoms with E-state index in [4.69, 9.17) is 0 Å². The highest BCUT2D eigenvalue weighted by Gasteiger charge is 2.28. The lowest BCUT2D eigenvalue weighted by Crippen LogP contribution is -2.57. The minimum Gasteiger partial charge on any atom is -0.336 e. The smallest absolute Gasteiger partial charge is 0.244 e. The molecule has 20 heavy (non-hydrogen) atoms. The van der Waals surface area contributed by atoms with Crippen molar-refractivity contribution in [3.8, 4) is 0 Å². The zero-order chi connectivity index (χ0) is 13.3. The van der Waals surface area contributed by atoms with Gasteiger partial charge in [0.25, 0.3) is 0 Å². The van der Waals surface area contributed by atoms with Crippen molar-refractivity contribution >= 4 is 30.7 Å². The lowest BCUT2D eigenvalue weighted by atomic mass is 10.1. The van der Waals surface area contributed by atoms with Crippen molar-refractivity contribution in [2.45, 2.75) is 46.3 Å². The molecule has 1 amide bonds. The summed E-state index contributed by atoms with van der Waals surface area (Å²) in [5.74, 6) is 0.155. The van der Waals surface area contributed by atoms with Gasteiger partial charge in [-0.1, -0.05) is 0 Å². The fraction of sp³-hybridized carbons (Fsp3) is 0.692. The summed E-state index contributed by atoms with van der Waals surface area (Å²) in [5, 5.41) is 7.72. The van der Waals surface area contributed by atoms with E-state index in [1.165, 1.54) is 0 Å². The predicted octanol–water partition coefficient (Wildman–Crippen LogP) is 1.55. The number of aromatic nitrogens is 2. The molecule has 2 rings (SSSR count). The predicted molar refractivity (Wildman–Crippen MR) is 84.8 cm³/mol. The fourth-order valence-electron chi connectivity index (χ4n) is 2.46. The summed E-state index contributed by atoms with van der Waals surface area (Å²) >= 11 is 0. The molecule has 2 heterocycles. The van der Waals surface area contributed by atoms with E-state index >= 15 is 0 Å². The number of rotatable bonds is 2. The number of hydrogen-bond donors (Lipinski definition) is 1. The fourth-order valence-corrected chi connectivity index (χ4v) is 2.46. The molecule has 1 aromatic rings. The zero-order valence-electron chi connectivity index (χ0n) is 12.4. The number of hydrogen-bond acceptors (Lipinski definition) is 3. The van der Waals surface area contributed by atoms with Gasteiger partial charge in [0, 0.05) is 30.9 Å². The molecule has 1 saturated heterocycles. The van der Waals surface area contributed by atoms with E-state index in [9.17, 15) is 4.79 Å². The molecule has 116 valence electrons. The normalized spacial score (nSPS) is 21.9. The summed E-state index contributed by atoms with van der Waals surface area (Å²) < 4.78 is 1.79. The Hall–Kier alpha value is -0.780. The van der Waals surface area contributed by atoms with Crippen LogP contribution < -0.4 is 5.32 Å². The molecule has 2 unspecified atom stereocenters. The third-order valence-corrected chi connectivity index (χ3v) is 3.74. The van der Waals surface area contributed by atoms with E-state index in [2.05, 4.69) is 24.3 Å². The van der Waals surface area contributed by atoms with E-state index in [-0.39, 0.29) is 36.8 Å². The maximum Gasteiger partial charge on any atom is 0.244 e. The third-order valence-electron chi connectivity index (χ3n) is 3.74. The topological polar surface area (TPSA) is 50.2 Å². The van der Waals surface area contributed by atoms with Crippen molar-refractivity contribution in [2.75, 3.05) is 13.1 Å². The van der Waals surface area contributed by atoms with E-state index in [0.29, 0.717) is 12.6 Å². The second-order valence-corrected chi connectivity index (χ2v) is 5.16. The number of piperazine rings is 1. The van der Waals surface area contributed by atoms with E-state index in [1.54, 1.807) is 4.68 Å². The number of carbonyl (C=O) groups excluding carboxylic acids is 1. The monoisotopic (exact) mass is 322 g/mol. The molecule has 1 aliphatic rings. The van der Waals surface area contributed by atoms with Crippen LogP contribution in [0.1, 0.15) is 25.2 Å². The molecule has 7 heteroatoms. The number of amides is 1. The van der Waals surface area contributed by atoms with Gasteiger partial charge in [-0.2, -0.15) is 5.10 Å². The third kappa shape index (κ3) is 4.11. The first-order valence-corrected chi connectivity index (χ1v) is 6.53. The van der Waals surface area contributed by atoms with Gasteiger partial charge in [0.1, 0.15) is 6.54 Å². The molecule has 0 bridgehead atoms. The number of nitrogens with one attached hydrogen (secondary N) is 1. The maximum absolute atomic E-state index is 12.3. The molecule has 0 spiro atoms. The van der Waals surface area contributed by atoms with E-state index in [1.807, 2.05) is 24.8 Å². The van der Waals surface area contributed by atoms with Crippen LogP contribution in [0.2, 0.25) is 0 Å². The molecule has 1 aromatic heterocycles. The molecule has 2 atom stereocenters. The van der Waals surface area contributed by atoms with Gasteiger partial charge in [-0.3, -0.25) is 9.48 Å².